The molecule has 0 saturated carbocycles. The molecule has 0 radical (unpaired) electrons. The number of halogens is 2. The van der Waals surface area contributed by atoms with E-state index >= 15 is 0 Å². The topological polar surface area (TPSA) is 107 Å². The minimum Gasteiger partial charge on any atom is -0.478 e. The summed E-state index contributed by atoms with van der Waals surface area (Å²) in [5.41, 5.74) is 16.9. The van der Waals surface area contributed by atoms with E-state index in [1.807, 2.05) is 72.8 Å². The van der Waals surface area contributed by atoms with Crippen molar-refractivity contribution >= 4 is 71.8 Å². The lowest BCUT2D eigenvalue weighted by Crippen LogP contribution is -2.37. The number of anilines is 2. The van der Waals surface area contributed by atoms with Crippen LogP contribution in [0.15, 0.2) is 146 Å². The highest BCUT2D eigenvalue weighted by atomic mass is 35.5. The van der Waals surface area contributed by atoms with E-state index in [2.05, 4.69) is 125 Å². The second kappa shape index (κ2) is 25.8. The zero-order chi connectivity index (χ0) is 50.3. The number of piperidine rings is 2. The van der Waals surface area contributed by atoms with Gasteiger partial charge in [0, 0.05) is 63.1 Å². The maximum Gasteiger partial charge on any atom is 0.335 e. The van der Waals surface area contributed by atoms with Gasteiger partial charge in [-0.1, -0.05) is 138 Å². The number of carbonyl (C=O) groups is 2. The summed E-state index contributed by atoms with van der Waals surface area (Å²) in [5, 5.41) is 19.6. The van der Waals surface area contributed by atoms with Gasteiger partial charge in [-0.3, -0.25) is 0 Å². The molecule has 0 bridgehead atoms. The molecule has 8 rings (SSSR count). The number of nitrogens with zero attached hydrogens (tertiary/aromatic N) is 2. The summed E-state index contributed by atoms with van der Waals surface area (Å²) in [6, 6.07) is 47.2. The number of carboxylic acid groups (broad SMARTS) is 2. The standard InChI is InChI=1S/C25H25ClN2O2.C25H24ClNO2.2C4H10S/c26-20-9-5-17(6-10-20)22-3-1-2-4-23(22)24(27)18-13-15-28(16-14-18)21-11-7-19(8-12-21)25(29)30;26-22-9-5-19(6-10-22)24-4-2-1-3-21(24)17-18-13-15-27(16-14-18)23-11-7-20(8-12-23)25(28)29;2*1-4(2,3)5/h1-12,18,24H,13-16,27H2,(H,29,30);1-12,18H,13-17H2,(H,28,29);2*5H,1-3H3. The predicted molar refractivity (Wildman–Crippen MR) is 299 cm³/mol. The highest BCUT2D eigenvalue weighted by molar-refractivity contribution is 7.81. The summed E-state index contributed by atoms with van der Waals surface area (Å²) >= 11 is 20.3. The van der Waals surface area contributed by atoms with E-state index in [1.165, 1.54) is 22.3 Å². The Bertz CT molecular complexity index is 2500. The lowest BCUT2D eigenvalue weighted by Gasteiger charge is -2.36. The summed E-state index contributed by atoms with van der Waals surface area (Å²) in [6.45, 7) is 16.1. The second-order valence-corrected chi connectivity index (χ2v) is 23.3. The normalized spacial score (nSPS) is 14.8. The fraction of sp³-hybridized carbons (Fsp3) is 0.345. The maximum atomic E-state index is 11.1. The van der Waals surface area contributed by atoms with E-state index in [1.54, 1.807) is 24.3 Å². The van der Waals surface area contributed by atoms with E-state index in [-0.39, 0.29) is 15.5 Å². The van der Waals surface area contributed by atoms with Gasteiger partial charge >= 0.3 is 11.9 Å². The Kier molecular flexibility index (Phi) is 20.6. The molecule has 1 unspecified atom stereocenters. The van der Waals surface area contributed by atoms with Gasteiger partial charge in [-0.05, 0) is 150 Å². The highest BCUT2D eigenvalue weighted by Gasteiger charge is 2.27. The van der Waals surface area contributed by atoms with Gasteiger partial charge in [0.05, 0.1) is 11.1 Å². The molecule has 6 aromatic rings. The van der Waals surface area contributed by atoms with Crippen molar-refractivity contribution in [2.45, 2.75) is 89.2 Å². The van der Waals surface area contributed by atoms with Crippen molar-refractivity contribution in [2.24, 2.45) is 17.6 Å². The summed E-state index contributed by atoms with van der Waals surface area (Å²) in [7, 11) is 0. The molecule has 0 spiro atoms. The lowest BCUT2D eigenvalue weighted by molar-refractivity contribution is 0.0686. The number of carboxylic acids is 2. The number of hydrogen-bond acceptors (Lipinski definition) is 7. The Morgan fingerprint density at radius 3 is 1.35 bits per heavy atom. The van der Waals surface area contributed by atoms with E-state index < -0.39 is 11.9 Å². The molecule has 2 saturated heterocycles. The first-order valence-corrected chi connectivity index (χ1v) is 25.3. The summed E-state index contributed by atoms with van der Waals surface area (Å²) < 4.78 is 0.389. The molecular weight excluding hydrogens is 938 g/mol. The van der Waals surface area contributed by atoms with Gasteiger partial charge in [0.25, 0.3) is 0 Å². The maximum absolute atomic E-state index is 11.1. The zero-order valence-corrected chi connectivity index (χ0v) is 44.1. The van der Waals surface area contributed by atoms with Crippen LogP contribution in [0.4, 0.5) is 11.4 Å². The fourth-order valence-corrected chi connectivity index (χ4v) is 8.65. The Hall–Kier alpha value is -4.90. The van der Waals surface area contributed by atoms with Crippen molar-refractivity contribution in [1.29, 1.82) is 0 Å². The third-order valence-electron chi connectivity index (χ3n) is 11.8. The van der Waals surface area contributed by atoms with Crippen molar-refractivity contribution in [3.63, 3.8) is 0 Å². The fourth-order valence-electron chi connectivity index (χ4n) is 8.40. The van der Waals surface area contributed by atoms with Crippen LogP contribution in [0.1, 0.15) is 105 Å². The molecule has 1 atom stereocenters. The van der Waals surface area contributed by atoms with Crippen molar-refractivity contribution in [3.05, 3.63) is 178 Å². The molecule has 0 amide bonds. The number of hydrogen-bond donors (Lipinski definition) is 5. The van der Waals surface area contributed by atoms with Crippen molar-refractivity contribution in [1.82, 2.24) is 0 Å². The van der Waals surface area contributed by atoms with Gasteiger partial charge < -0.3 is 25.7 Å². The zero-order valence-electron chi connectivity index (χ0n) is 40.8. The first kappa shape index (κ1) is 55.0. The van der Waals surface area contributed by atoms with E-state index in [0.717, 1.165) is 90.8 Å². The third kappa shape index (κ3) is 18.4. The lowest BCUT2D eigenvalue weighted by atomic mass is 9.83. The second-order valence-electron chi connectivity index (χ2n) is 19.8. The van der Waals surface area contributed by atoms with Crippen LogP contribution in [0.2, 0.25) is 10.0 Å². The molecular formula is C58H69Cl2N3O4S2. The smallest absolute Gasteiger partial charge is 0.335 e. The Morgan fingerprint density at radius 1 is 0.565 bits per heavy atom. The molecule has 2 heterocycles. The average Bonchev–Trinajstić information content (AvgIpc) is 3.32. The molecule has 2 aliphatic heterocycles. The number of aromatic carboxylic acids is 2. The largest absolute Gasteiger partial charge is 0.478 e. The molecule has 2 aliphatic rings. The third-order valence-corrected chi connectivity index (χ3v) is 12.3. The van der Waals surface area contributed by atoms with Gasteiger partial charge in [0.2, 0.25) is 0 Å². The van der Waals surface area contributed by atoms with Crippen LogP contribution in [-0.2, 0) is 6.42 Å². The first-order chi connectivity index (χ1) is 32.6. The predicted octanol–water partition coefficient (Wildman–Crippen LogP) is 15.2. The van der Waals surface area contributed by atoms with Crippen molar-refractivity contribution < 1.29 is 19.8 Å². The van der Waals surface area contributed by atoms with Gasteiger partial charge in [-0.15, -0.1) is 0 Å². The molecule has 2 fully saturated rings. The molecule has 366 valence electrons. The number of benzene rings is 6. The van der Waals surface area contributed by atoms with E-state index in [0.29, 0.717) is 23.0 Å². The van der Waals surface area contributed by atoms with Crippen LogP contribution < -0.4 is 15.5 Å². The average molecular weight is 1010 g/mol. The number of thiol groups is 2. The molecule has 6 aromatic carbocycles. The van der Waals surface area contributed by atoms with E-state index in [4.69, 9.17) is 39.1 Å². The van der Waals surface area contributed by atoms with Crippen LogP contribution in [0.25, 0.3) is 22.3 Å². The van der Waals surface area contributed by atoms with E-state index in [9.17, 15) is 9.59 Å². The number of nitrogens with two attached hydrogens (primary N) is 1. The molecule has 0 aromatic heterocycles. The van der Waals surface area contributed by atoms with Crippen LogP contribution in [-0.4, -0.2) is 57.8 Å². The van der Waals surface area contributed by atoms with Crippen molar-refractivity contribution in [2.75, 3.05) is 36.0 Å². The summed E-state index contributed by atoms with van der Waals surface area (Å²) in [5.74, 6) is -0.730. The number of rotatable bonds is 10. The molecule has 0 aliphatic carbocycles. The molecule has 69 heavy (non-hydrogen) atoms. The SMILES string of the molecule is CC(C)(C)S.CC(C)(C)S.NC(c1ccccc1-c1ccc(Cl)cc1)C1CCN(c2ccc(C(=O)O)cc2)CC1.O=C(O)c1ccc(N2CCC(Cc3ccccc3-c3ccc(Cl)cc3)CC2)cc1. The molecule has 7 nitrogen and oxygen atoms in total. The van der Waals surface area contributed by atoms with Crippen LogP contribution >= 0.6 is 48.5 Å². The Morgan fingerprint density at radius 2 is 0.928 bits per heavy atom. The Balaban J connectivity index is 0.000000215. The van der Waals surface area contributed by atoms with Gasteiger partial charge in [-0.2, -0.15) is 25.3 Å². The minimum absolute atomic E-state index is 0.0339. The quantitative estimate of drug-likeness (QED) is 0.0870. The minimum atomic E-state index is -0.898. The molecule has 4 N–H and O–H groups in total. The van der Waals surface area contributed by atoms with Crippen molar-refractivity contribution in [3.8, 4) is 22.3 Å². The van der Waals surface area contributed by atoms with Gasteiger partial charge in [0.15, 0.2) is 0 Å². The first-order valence-electron chi connectivity index (χ1n) is 23.7. The highest BCUT2D eigenvalue weighted by Crippen LogP contribution is 2.37. The van der Waals surface area contributed by atoms with Crippen LogP contribution in [0.5, 0.6) is 0 Å². The summed E-state index contributed by atoms with van der Waals surface area (Å²) in [6.07, 6.45) is 5.34. The Labute approximate surface area is 431 Å². The van der Waals surface area contributed by atoms with Crippen LogP contribution in [0.3, 0.4) is 0 Å². The van der Waals surface area contributed by atoms with Crippen LogP contribution in [0, 0.1) is 11.8 Å². The van der Waals surface area contributed by atoms with Gasteiger partial charge in [0.1, 0.15) is 0 Å². The summed E-state index contributed by atoms with van der Waals surface area (Å²) in [4.78, 5) is 26.7. The molecule has 11 heteroatoms. The monoisotopic (exact) mass is 1010 g/mol. The van der Waals surface area contributed by atoms with Gasteiger partial charge in [-0.25, -0.2) is 9.59 Å².